The van der Waals surface area contributed by atoms with Crippen molar-refractivity contribution in [3.05, 3.63) is 35.9 Å². The van der Waals surface area contributed by atoms with Gasteiger partial charge in [-0.15, -0.1) is 0 Å². The summed E-state index contributed by atoms with van der Waals surface area (Å²) in [6.07, 6.45) is 4.06. The zero-order valence-electron chi connectivity index (χ0n) is 10.5. The molecular weight excluding hydrogens is 210 g/mol. The minimum atomic E-state index is 0.653. The summed E-state index contributed by atoms with van der Waals surface area (Å²) < 4.78 is 0. The van der Waals surface area contributed by atoms with E-state index in [1.54, 1.807) is 0 Å². The van der Waals surface area contributed by atoms with Crippen LogP contribution >= 0.6 is 0 Å². The summed E-state index contributed by atoms with van der Waals surface area (Å²) in [5.41, 5.74) is 7.17. The first kappa shape index (κ1) is 12.0. The Kier molecular flexibility index (Phi) is 4.02. The SMILES string of the molecule is CN(CC1CCC1)C(N)=NCc1ccccc1. The fourth-order valence-corrected chi connectivity index (χ4v) is 2.03. The quantitative estimate of drug-likeness (QED) is 0.638. The lowest BCUT2D eigenvalue weighted by Gasteiger charge is -2.30. The topological polar surface area (TPSA) is 41.6 Å². The number of nitrogens with two attached hydrogens (primary N) is 1. The monoisotopic (exact) mass is 231 g/mol. The molecule has 1 aromatic carbocycles. The second kappa shape index (κ2) is 5.71. The van der Waals surface area contributed by atoms with Gasteiger partial charge < -0.3 is 10.6 Å². The molecule has 0 radical (unpaired) electrons. The third-order valence-corrected chi connectivity index (χ3v) is 3.41. The summed E-state index contributed by atoms with van der Waals surface area (Å²) in [6.45, 7) is 1.71. The molecule has 2 rings (SSSR count). The van der Waals surface area contributed by atoms with Crippen molar-refractivity contribution in [1.29, 1.82) is 0 Å². The minimum absolute atomic E-state index is 0.653. The lowest BCUT2D eigenvalue weighted by atomic mass is 9.85. The third kappa shape index (κ3) is 3.48. The standard InChI is InChI=1S/C14H21N3/c1-17(11-13-8-5-9-13)14(15)16-10-12-6-3-2-4-7-12/h2-4,6-7,13H,5,8-11H2,1H3,(H2,15,16). The number of guanidine groups is 1. The Hall–Kier alpha value is -1.51. The van der Waals surface area contributed by atoms with Gasteiger partial charge in [0.05, 0.1) is 6.54 Å². The summed E-state index contributed by atoms with van der Waals surface area (Å²) in [4.78, 5) is 6.50. The van der Waals surface area contributed by atoms with Crippen LogP contribution in [0.4, 0.5) is 0 Å². The van der Waals surface area contributed by atoms with Crippen LogP contribution in [0.5, 0.6) is 0 Å². The lowest BCUT2D eigenvalue weighted by molar-refractivity contribution is 0.257. The molecule has 3 nitrogen and oxygen atoms in total. The molecule has 0 aromatic heterocycles. The van der Waals surface area contributed by atoms with Crippen molar-refractivity contribution < 1.29 is 0 Å². The van der Waals surface area contributed by atoms with Crippen molar-refractivity contribution >= 4 is 5.96 Å². The second-order valence-corrected chi connectivity index (χ2v) is 4.84. The van der Waals surface area contributed by atoms with Gasteiger partial charge in [0.1, 0.15) is 0 Å². The van der Waals surface area contributed by atoms with E-state index in [1.807, 2.05) is 25.2 Å². The van der Waals surface area contributed by atoms with E-state index in [0.29, 0.717) is 12.5 Å². The molecule has 1 aliphatic rings. The first-order chi connectivity index (χ1) is 8.25. The number of benzene rings is 1. The molecule has 2 N–H and O–H groups in total. The minimum Gasteiger partial charge on any atom is -0.370 e. The van der Waals surface area contributed by atoms with Crippen molar-refractivity contribution in [1.82, 2.24) is 4.90 Å². The summed E-state index contributed by atoms with van der Waals surface area (Å²) in [5.74, 6) is 1.48. The van der Waals surface area contributed by atoms with Gasteiger partial charge in [-0.1, -0.05) is 36.8 Å². The maximum absolute atomic E-state index is 5.97. The highest BCUT2D eigenvalue weighted by atomic mass is 15.2. The Morgan fingerprint density at radius 2 is 2.06 bits per heavy atom. The van der Waals surface area contributed by atoms with E-state index in [-0.39, 0.29) is 0 Å². The Morgan fingerprint density at radius 1 is 1.35 bits per heavy atom. The zero-order valence-corrected chi connectivity index (χ0v) is 10.5. The Bertz CT molecular complexity index is 368. The smallest absolute Gasteiger partial charge is 0.191 e. The second-order valence-electron chi connectivity index (χ2n) is 4.84. The molecule has 0 bridgehead atoms. The fraction of sp³-hybridized carbons (Fsp3) is 0.500. The average molecular weight is 231 g/mol. The Morgan fingerprint density at radius 3 is 2.65 bits per heavy atom. The van der Waals surface area contributed by atoms with Crippen molar-refractivity contribution in [2.45, 2.75) is 25.8 Å². The van der Waals surface area contributed by atoms with E-state index < -0.39 is 0 Å². The fourth-order valence-electron chi connectivity index (χ4n) is 2.03. The predicted molar refractivity (Wildman–Crippen MR) is 71.7 cm³/mol. The molecule has 17 heavy (non-hydrogen) atoms. The van der Waals surface area contributed by atoms with Crippen molar-refractivity contribution in [3.8, 4) is 0 Å². The third-order valence-electron chi connectivity index (χ3n) is 3.41. The lowest BCUT2D eigenvalue weighted by Crippen LogP contribution is -2.39. The summed E-state index contributed by atoms with van der Waals surface area (Å²) in [6, 6.07) is 10.2. The highest BCUT2D eigenvalue weighted by Crippen LogP contribution is 2.26. The van der Waals surface area contributed by atoms with E-state index >= 15 is 0 Å². The van der Waals surface area contributed by atoms with Gasteiger partial charge in [0, 0.05) is 13.6 Å². The largest absolute Gasteiger partial charge is 0.370 e. The maximum Gasteiger partial charge on any atom is 0.191 e. The number of hydrogen-bond acceptors (Lipinski definition) is 1. The van der Waals surface area contributed by atoms with E-state index in [4.69, 9.17) is 5.73 Å². The highest BCUT2D eigenvalue weighted by molar-refractivity contribution is 5.77. The van der Waals surface area contributed by atoms with Gasteiger partial charge in [-0.2, -0.15) is 0 Å². The Labute approximate surface area is 103 Å². The molecule has 1 aliphatic carbocycles. The molecular formula is C14H21N3. The van der Waals surface area contributed by atoms with E-state index in [9.17, 15) is 0 Å². The summed E-state index contributed by atoms with van der Waals surface area (Å²) in [5, 5.41) is 0. The van der Waals surface area contributed by atoms with Gasteiger partial charge in [-0.3, -0.25) is 0 Å². The first-order valence-electron chi connectivity index (χ1n) is 6.30. The van der Waals surface area contributed by atoms with Crippen molar-refractivity contribution in [2.24, 2.45) is 16.6 Å². The molecule has 0 heterocycles. The molecule has 1 saturated carbocycles. The van der Waals surface area contributed by atoms with Gasteiger partial charge in [0.15, 0.2) is 5.96 Å². The van der Waals surface area contributed by atoms with Gasteiger partial charge >= 0.3 is 0 Å². The van der Waals surface area contributed by atoms with Crippen LogP contribution < -0.4 is 5.73 Å². The normalized spacial score (nSPS) is 16.6. The molecule has 3 heteroatoms. The van der Waals surface area contributed by atoms with Crippen LogP contribution in [0.15, 0.2) is 35.3 Å². The van der Waals surface area contributed by atoms with Crippen LogP contribution in [0.2, 0.25) is 0 Å². The molecule has 0 unspecified atom stereocenters. The average Bonchev–Trinajstić information content (AvgIpc) is 2.32. The molecule has 0 spiro atoms. The molecule has 1 fully saturated rings. The van der Waals surface area contributed by atoms with Crippen LogP contribution in [0.25, 0.3) is 0 Å². The molecule has 0 amide bonds. The number of nitrogens with zero attached hydrogens (tertiary/aromatic N) is 2. The van der Waals surface area contributed by atoms with E-state index in [0.717, 1.165) is 12.5 Å². The number of aliphatic imine (C=N–C) groups is 1. The van der Waals surface area contributed by atoms with E-state index in [1.165, 1.54) is 24.8 Å². The summed E-state index contributed by atoms with van der Waals surface area (Å²) >= 11 is 0. The van der Waals surface area contributed by atoms with Gasteiger partial charge in [-0.25, -0.2) is 4.99 Å². The van der Waals surface area contributed by atoms with Crippen molar-refractivity contribution in [3.63, 3.8) is 0 Å². The van der Waals surface area contributed by atoms with Crippen LogP contribution in [-0.2, 0) is 6.54 Å². The molecule has 0 saturated heterocycles. The van der Waals surface area contributed by atoms with Crippen LogP contribution in [0, 0.1) is 5.92 Å². The predicted octanol–water partition coefficient (Wildman–Crippen LogP) is 2.23. The highest BCUT2D eigenvalue weighted by Gasteiger charge is 2.19. The summed E-state index contributed by atoms with van der Waals surface area (Å²) in [7, 11) is 2.03. The van der Waals surface area contributed by atoms with Crippen LogP contribution in [0.1, 0.15) is 24.8 Å². The molecule has 0 atom stereocenters. The maximum atomic E-state index is 5.97. The van der Waals surface area contributed by atoms with Gasteiger partial charge in [0.25, 0.3) is 0 Å². The number of hydrogen-bond donors (Lipinski definition) is 1. The number of rotatable bonds is 4. The van der Waals surface area contributed by atoms with Crippen LogP contribution in [-0.4, -0.2) is 24.5 Å². The first-order valence-corrected chi connectivity index (χ1v) is 6.30. The Balaban J connectivity index is 1.83. The van der Waals surface area contributed by atoms with Gasteiger partial charge in [0.2, 0.25) is 0 Å². The van der Waals surface area contributed by atoms with Crippen molar-refractivity contribution in [2.75, 3.05) is 13.6 Å². The zero-order chi connectivity index (χ0) is 12.1. The van der Waals surface area contributed by atoms with Gasteiger partial charge in [-0.05, 0) is 24.3 Å². The molecule has 0 aliphatic heterocycles. The molecule has 1 aromatic rings. The van der Waals surface area contributed by atoms with Crippen LogP contribution in [0.3, 0.4) is 0 Å². The van der Waals surface area contributed by atoms with E-state index in [2.05, 4.69) is 22.0 Å². The molecule has 92 valence electrons.